The zero-order chi connectivity index (χ0) is 19.7. The van der Waals surface area contributed by atoms with Crippen LogP contribution in [0.15, 0.2) is 58.9 Å². The van der Waals surface area contributed by atoms with E-state index in [9.17, 15) is 12.8 Å². The average molecular weight is 416 g/mol. The average Bonchev–Trinajstić information content (AvgIpc) is 3.33. The summed E-state index contributed by atoms with van der Waals surface area (Å²) in [6.45, 7) is 0. The number of nitrogens with zero attached hydrogens (tertiary/aromatic N) is 5. The second kappa shape index (κ2) is 7.09. The zero-order valence-electron chi connectivity index (χ0n) is 14.4. The van der Waals surface area contributed by atoms with Gasteiger partial charge in [0.25, 0.3) is 10.0 Å². The molecule has 4 aromatic rings. The minimum Gasteiger partial charge on any atom is -0.279 e. The number of sulfonamides is 1. The summed E-state index contributed by atoms with van der Waals surface area (Å²) in [5.74, 6) is 0.205. The van der Waals surface area contributed by atoms with Crippen molar-refractivity contribution in [3.63, 3.8) is 0 Å². The molecule has 0 amide bonds. The predicted molar refractivity (Wildman–Crippen MR) is 103 cm³/mol. The number of hydrogen-bond acceptors (Lipinski definition) is 7. The maximum absolute atomic E-state index is 13.0. The van der Waals surface area contributed by atoms with Gasteiger partial charge in [0.05, 0.1) is 6.20 Å². The first-order valence-corrected chi connectivity index (χ1v) is 10.3. The van der Waals surface area contributed by atoms with Crippen LogP contribution in [-0.2, 0) is 17.1 Å². The molecule has 0 spiro atoms. The molecule has 0 unspecified atom stereocenters. The number of benzene rings is 2. The first kappa shape index (κ1) is 18.2. The summed E-state index contributed by atoms with van der Waals surface area (Å²) in [5, 5.41) is 11.7. The first-order chi connectivity index (χ1) is 13.4. The number of hydrogen-bond donors (Lipinski definition) is 1. The van der Waals surface area contributed by atoms with Gasteiger partial charge in [-0.15, -0.1) is 16.4 Å². The highest BCUT2D eigenvalue weighted by molar-refractivity contribution is 7.94. The van der Waals surface area contributed by atoms with Crippen LogP contribution in [0.2, 0.25) is 0 Å². The summed E-state index contributed by atoms with van der Waals surface area (Å²) in [5.41, 5.74) is 1.80. The molecule has 0 bridgehead atoms. The van der Waals surface area contributed by atoms with Gasteiger partial charge in [-0.2, -0.15) is 0 Å². The molecular weight excluding hydrogens is 403 g/mol. The SMILES string of the molecule is Cn1nnnc1-c1ccc(NS(=O)(=O)c2cnc(-c3ccc(F)cc3)s2)cc1. The third kappa shape index (κ3) is 3.62. The molecule has 0 saturated heterocycles. The Kier molecular flexibility index (Phi) is 4.61. The summed E-state index contributed by atoms with van der Waals surface area (Å²) >= 11 is 1.01. The Balaban J connectivity index is 1.54. The predicted octanol–water partition coefficient (Wildman–Crippen LogP) is 2.94. The smallest absolute Gasteiger partial charge is 0.273 e. The van der Waals surface area contributed by atoms with E-state index >= 15 is 0 Å². The summed E-state index contributed by atoms with van der Waals surface area (Å²) in [4.78, 5) is 4.13. The molecule has 11 heteroatoms. The fraction of sp³-hybridized carbons (Fsp3) is 0.0588. The van der Waals surface area contributed by atoms with Gasteiger partial charge in [-0.1, -0.05) is 0 Å². The maximum atomic E-state index is 13.0. The second-order valence-corrected chi connectivity index (χ2v) is 8.74. The monoisotopic (exact) mass is 416 g/mol. The van der Waals surface area contributed by atoms with E-state index in [-0.39, 0.29) is 10.0 Å². The third-order valence-corrected chi connectivity index (χ3v) is 6.74. The number of thiazole rings is 1. The molecule has 28 heavy (non-hydrogen) atoms. The Morgan fingerprint density at radius 1 is 1.04 bits per heavy atom. The second-order valence-electron chi connectivity index (χ2n) is 5.80. The molecule has 0 radical (unpaired) electrons. The van der Waals surface area contributed by atoms with E-state index < -0.39 is 10.0 Å². The van der Waals surface area contributed by atoms with Crippen molar-refractivity contribution in [2.24, 2.45) is 7.05 Å². The van der Waals surface area contributed by atoms with Crippen molar-refractivity contribution in [2.45, 2.75) is 4.21 Å². The Morgan fingerprint density at radius 3 is 2.36 bits per heavy atom. The van der Waals surface area contributed by atoms with Crippen LogP contribution >= 0.6 is 11.3 Å². The number of aryl methyl sites for hydroxylation is 1. The van der Waals surface area contributed by atoms with Gasteiger partial charge in [0, 0.05) is 23.9 Å². The normalized spacial score (nSPS) is 11.5. The van der Waals surface area contributed by atoms with E-state index in [0.29, 0.717) is 22.1 Å². The van der Waals surface area contributed by atoms with Crippen LogP contribution in [0.5, 0.6) is 0 Å². The lowest BCUT2D eigenvalue weighted by atomic mass is 10.2. The third-order valence-electron chi connectivity index (χ3n) is 3.86. The first-order valence-electron chi connectivity index (χ1n) is 8.00. The van der Waals surface area contributed by atoms with E-state index in [1.807, 2.05) is 0 Å². The van der Waals surface area contributed by atoms with E-state index in [0.717, 1.165) is 16.9 Å². The molecule has 0 aliphatic rings. The van der Waals surface area contributed by atoms with Crippen molar-refractivity contribution >= 4 is 27.0 Å². The van der Waals surface area contributed by atoms with Crippen molar-refractivity contribution in [1.82, 2.24) is 25.2 Å². The largest absolute Gasteiger partial charge is 0.279 e. The highest BCUT2D eigenvalue weighted by atomic mass is 32.2. The molecule has 0 atom stereocenters. The van der Waals surface area contributed by atoms with E-state index in [4.69, 9.17) is 0 Å². The molecule has 142 valence electrons. The highest BCUT2D eigenvalue weighted by Gasteiger charge is 2.19. The number of aromatic nitrogens is 5. The lowest BCUT2D eigenvalue weighted by molar-refractivity contribution is 0.603. The topological polar surface area (TPSA) is 103 Å². The van der Waals surface area contributed by atoms with Crippen LogP contribution in [0.4, 0.5) is 10.1 Å². The molecule has 1 N–H and O–H groups in total. The number of halogens is 1. The van der Waals surface area contributed by atoms with Crippen LogP contribution in [0.25, 0.3) is 22.0 Å². The molecule has 4 rings (SSSR count). The maximum Gasteiger partial charge on any atom is 0.273 e. The van der Waals surface area contributed by atoms with E-state index in [1.54, 1.807) is 43.4 Å². The van der Waals surface area contributed by atoms with Gasteiger partial charge in [0.1, 0.15) is 10.8 Å². The Bertz CT molecular complexity index is 1220. The van der Waals surface area contributed by atoms with Crippen LogP contribution in [-0.4, -0.2) is 33.6 Å². The molecule has 0 fully saturated rings. The van der Waals surface area contributed by atoms with Gasteiger partial charge in [-0.25, -0.2) is 22.5 Å². The minimum atomic E-state index is -3.80. The molecule has 8 nitrogen and oxygen atoms in total. The van der Waals surface area contributed by atoms with Crippen molar-refractivity contribution in [3.8, 4) is 22.0 Å². The van der Waals surface area contributed by atoms with Crippen molar-refractivity contribution in [1.29, 1.82) is 0 Å². The molecular formula is C17H13FN6O2S2. The van der Waals surface area contributed by atoms with Gasteiger partial charge in [0.2, 0.25) is 0 Å². The van der Waals surface area contributed by atoms with E-state index in [2.05, 4.69) is 25.2 Å². The Labute approximate surface area is 163 Å². The number of tetrazole rings is 1. The van der Waals surface area contributed by atoms with Gasteiger partial charge in [0.15, 0.2) is 10.0 Å². The Morgan fingerprint density at radius 2 is 1.71 bits per heavy atom. The lowest BCUT2D eigenvalue weighted by Crippen LogP contribution is -2.11. The fourth-order valence-electron chi connectivity index (χ4n) is 2.48. The van der Waals surface area contributed by atoms with Crippen LogP contribution in [0.1, 0.15) is 0 Å². The number of rotatable bonds is 5. The molecule has 0 saturated carbocycles. The summed E-state index contributed by atoms with van der Waals surface area (Å²) in [6.07, 6.45) is 1.28. The molecule has 0 aliphatic carbocycles. The van der Waals surface area contributed by atoms with Crippen molar-refractivity contribution < 1.29 is 12.8 Å². The van der Waals surface area contributed by atoms with Crippen LogP contribution < -0.4 is 4.72 Å². The summed E-state index contributed by atoms with van der Waals surface area (Å²) in [7, 11) is -2.08. The van der Waals surface area contributed by atoms with Gasteiger partial charge >= 0.3 is 0 Å². The van der Waals surface area contributed by atoms with Crippen LogP contribution in [0.3, 0.4) is 0 Å². The highest BCUT2D eigenvalue weighted by Crippen LogP contribution is 2.29. The molecule has 0 aliphatic heterocycles. The van der Waals surface area contributed by atoms with Crippen LogP contribution in [0, 0.1) is 5.82 Å². The number of anilines is 1. The number of nitrogens with one attached hydrogen (secondary N) is 1. The molecule has 2 aromatic heterocycles. The lowest BCUT2D eigenvalue weighted by Gasteiger charge is -2.06. The van der Waals surface area contributed by atoms with E-state index in [1.165, 1.54) is 23.0 Å². The summed E-state index contributed by atoms with van der Waals surface area (Å²) < 4.78 is 42.4. The Hall–Kier alpha value is -3.18. The standard InChI is InChI=1S/C17H13FN6O2S2/c1-24-16(20-22-23-24)11-4-8-14(9-5-11)21-28(25,26)15-10-19-17(27-15)12-2-6-13(18)7-3-12/h2-10,21H,1H3. The van der Waals surface area contributed by atoms with Gasteiger partial charge in [-0.3, -0.25) is 4.72 Å². The minimum absolute atomic E-state index is 0.0633. The molecule has 2 heterocycles. The van der Waals surface area contributed by atoms with Gasteiger partial charge < -0.3 is 0 Å². The van der Waals surface area contributed by atoms with Gasteiger partial charge in [-0.05, 0) is 59.0 Å². The quantitative estimate of drug-likeness (QED) is 0.537. The molecule has 2 aromatic carbocycles. The van der Waals surface area contributed by atoms with Crippen molar-refractivity contribution in [2.75, 3.05) is 4.72 Å². The fourth-order valence-corrected chi connectivity index (χ4v) is 4.67. The van der Waals surface area contributed by atoms with Crippen molar-refractivity contribution in [3.05, 3.63) is 60.5 Å². The summed E-state index contributed by atoms with van der Waals surface area (Å²) in [6, 6.07) is 12.4. The zero-order valence-corrected chi connectivity index (χ0v) is 16.1.